The number of hydrogen-bond acceptors (Lipinski definition) is 4. The summed E-state index contributed by atoms with van der Waals surface area (Å²) >= 11 is 0. The van der Waals surface area contributed by atoms with Crippen LogP contribution in [-0.2, 0) is 19.6 Å². The van der Waals surface area contributed by atoms with E-state index in [4.69, 9.17) is 9.88 Å². The molecule has 0 radical (unpaired) electrons. The number of sulfonamides is 1. The summed E-state index contributed by atoms with van der Waals surface area (Å²) in [5.41, 5.74) is 0. The molecular weight excluding hydrogens is 352 g/mol. The molecule has 3 fully saturated rings. The zero-order valence-corrected chi connectivity index (χ0v) is 16.6. The van der Waals surface area contributed by atoms with Gasteiger partial charge in [0.2, 0.25) is 15.9 Å². The van der Waals surface area contributed by atoms with E-state index in [-0.39, 0.29) is 23.6 Å². The van der Waals surface area contributed by atoms with Crippen LogP contribution in [0.1, 0.15) is 70.6 Å². The number of nitrogens with zero attached hydrogens (tertiary/aromatic N) is 1. The first kappa shape index (κ1) is 20.1. The van der Waals surface area contributed by atoms with E-state index in [1.807, 2.05) is 4.90 Å². The molecule has 7 heteroatoms. The molecule has 2 saturated carbocycles. The Kier molecular flexibility index (Phi) is 6.97. The molecule has 0 aromatic heterocycles. The van der Waals surface area contributed by atoms with Crippen molar-refractivity contribution in [1.82, 2.24) is 4.90 Å². The first-order valence-electron chi connectivity index (χ1n) is 10.3. The van der Waals surface area contributed by atoms with Crippen LogP contribution in [0.25, 0.3) is 0 Å². The quantitative estimate of drug-likeness (QED) is 0.727. The molecule has 1 atom stereocenters. The Labute approximate surface area is 157 Å². The van der Waals surface area contributed by atoms with E-state index in [0.717, 1.165) is 64.0 Å². The van der Waals surface area contributed by atoms with E-state index in [1.165, 1.54) is 19.3 Å². The number of rotatable bonds is 7. The summed E-state index contributed by atoms with van der Waals surface area (Å²) in [5.74, 6) is 1.03. The fourth-order valence-corrected chi connectivity index (χ4v) is 5.13. The van der Waals surface area contributed by atoms with Gasteiger partial charge in [-0.2, -0.15) is 0 Å². The van der Waals surface area contributed by atoms with Crippen molar-refractivity contribution in [1.29, 1.82) is 0 Å². The molecule has 2 N–H and O–H groups in total. The van der Waals surface area contributed by atoms with Gasteiger partial charge in [0.15, 0.2) is 0 Å². The van der Waals surface area contributed by atoms with E-state index in [9.17, 15) is 13.2 Å². The van der Waals surface area contributed by atoms with Crippen LogP contribution in [0.15, 0.2) is 0 Å². The highest BCUT2D eigenvalue weighted by Crippen LogP contribution is 2.32. The number of carbonyl (C=O) groups excluding carboxylic acids is 1. The van der Waals surface area contributed by atoms with Gasteiger partial charge in [-0.15, -0.1) is 0 Å². The Morgan fingerprint density at radius 2 is 1.73 bits per heavy atom. The Morgan fingerprint density at radius 3 is 2.35 bits per heavy atom. The molecule has 0 aromatic carbocycles. The highest BCUT2D eigenvalue weighted by atomic mass is 32.2. The van der Waals surface area contributed by atoms with Crippen molar-refractivity contribution in [2.24, 2.45) is 17.0 Å². The van der Waals surface area contributed by atoms with E-state index in [0.29, 0.717) is 12.5 Å². The maximum atomic E-state index is 13.0. The lowest BCUT2D eigenvalue weighted by Gasteiger charge is -2.39. The first-order valence-corrected chi connectivity index (χ1v) is 12.1. The van der Waals surface area contributed by atoms with Crippen molar-refractivity contribution in [2.75, 3.05) is 18.9 Å². The minimum Gasteiger partial charge on any atom is -0.378 e. The number of carbonyl (C=O) groups is 1. The monoisotopic (exact) mass is 386 g/mol. The van der Waals surface area contributed by atoms with Crippen molar-refractivity contribution in [3.05, 3.63) is 0 Å². The SMILES string of the molecule is NS(=O)(=O)CCC1CCCCN1C(=O)C1CCC(OCC2CCC2)CC1. The first-order chi connectivity index (χ1) is 12.4. The van der Waals surface area contributed by atoms with Crippen LogP contribution >= 0.6 is 0 Å². The van der Waals surface area contributed by atoms with Gasteiger partial charge < -0.3 is 9.64 Å². The molecule has 150 valence electrons. The van der Waals surface area contributed by atoms with Crippen LogP contribution in [0.2, 0.25) is 0 Å². The smallest absolute Gasteiger partial charge is 0.225 e. The number of hydrogen-bond donors (Lipinski definition) is 1. The summed E-state index contributed by atoms with van der Waals surface area (Å²) in [6.45, 7) is 1.65. The molecular formula is C19H34N2O4S. The fourth-order valence-electron chi connectivity index (χ4n) is 4.53. The fraction of sp³-hybridized carbons (Fsp3) is 0.947. The highest BCUT2D eigenvalue weighted by Gasteiger charge is 2.34. The zero-order chi connectivity index (χ0) is 18.6. The maximum Gasteiger partial charge on any atom is 0.225 e. The van der Waals surface area contributed by atoms with E-state index in [2.05, 4.69) is 0 Å². The molecule has 0 bridgehead atoms. The Morgan fingerprint density at radius 1 is 1.00 bits per heavy atom. The van der Waals surface area contributed by atoms with Crippen LogP contribution in [0, 0.1) is 11.8 Å². The number of ether oxygens (including phenoxy) is 1. The zero-order valence-electron chi connectivity index (χ0n) is 15.8. The Balaban J connectivity index is 1.46. The third-order valence-corrected chi connectivity index (χ3v) is 7.27. The number of primary sulfonamides is 1. The normalized spacial score (nSPS) is 30.8. The molecule has 6 nitrogen and oxygen atoms in total. The molecule has 3 rings (SSSR count). The third kappa shape index (κ3) is 5.67. The third-order valence-electron chi connectivity index (χ3n) is 6.46. The van der Waals surface area contributed by atoms with Gasteiger partial charge in [-0.05, 0) is 70.1 Å². The Bertz CT molecular complexity index is 568. The molecule has 1 saturated heterocycles. The molecule has 3 aliphatic rings. The molecule has 0 aromatic rings. The van der Waals surface area contributed by atoms with Crippen LogP contribution in [0.3, 0.4) is 0 Å². The van der Waals surface area contributed by atoms with Gasteiger partial charge in [0.05, 0.1) is 11.9 Å². The Hall–Kier alpha value is -0.660. The molecule has 2 aliphatic carbocycles. The topological polar surface area (TPSA) is 89.7 Å². The van der Waals surface area contributed by atoms with Crippen molar-refractivity contribution in [3.8, 4) is 0 Å². The summed E-state index contributed by atoms with van der Waals surface area (Å²) in [6.07, 6.45) is 11.4. The molecule has 0 spiro atoms. The second-order valence-electron chi connectivity index (χ2n) is 8.44. The number of piperidine rings is 1. The van der Waals surface area contributed by atoms with Crippen LogP contribution < -0.4 is 5.14 Å². The average Bonchev–Trinajstić information content (AvgIpc) is 2.58. The summed E-state index contributed by atoms with van der Waals surface area (Å²) in [6, 6.07) is 0.0298. The van der Waals surface area contributed by atoms with Crippen LogP contribution in [0.4, 0.5) is 0 Å². The van der Waals surface area contributed by atoms with Crippen molar-refractivity contribution < 1.29 is 17.9 Å². The van der Waals surface area contributed by atoms with Crippen molar-refractivity contribution in [2.45, 2.75) is 82.8 Å². The van der Waals surface area contributed by atoms with Crippen molar-refractivity contribution >= 4 is 15.9 Å². The van der Waals surface area contributed by atoms with Crippen molar-refractivity contribution in [3.63, 3.8) is 0 Å². The van der Waals surface area contributed by atoms with Gasteiger partial charge in [-0.25, -0.2) is 13.6 Å². The standard InChI is InChI=1S/C19H34N2O4S/c20-26(23,24)13-11-17-6-1-2-12-21(17)19(22)16-7-9-18(10-8-16)25-14-15-4-3-5-15/h15-18H,1-14H2,(H2,20,23,24). The van der Waals surface area contributed by atoms with E-state index < -0.39 is 10.0 Å². The second kappa shape index (κ2) is 9.02. The van der Waals surface area contributed by atoms with Crippen LogP contribution in [0.5, 0.6) is 0 Å². The lowest BCUT2D eigenvalue weighted by Crippen LogP contribution is -2.48. The second-order valence-corrected chi connectivity index (χ2v) is 10.2. The lowest BCUT2D eigenvalue weighted by atomic mass is 9.84. The highest BCUT2D eigenvalue weighted by molar-refractivity contribution is 7.89. The summed E-state index contributed by atoms with van der Waals surface area (Å²) in [7, 11) is -3.47. The van der Waals surface area contributed by atoms with E-state index >= 15 is 0 Å². The number of likely N-dealkylation sites (tertiary alicyclic amines) is 1. The largest absolute Gasteiger partial charge is 0.378 e. The average molecular weight is 387 g/mol. The molecule has 1 heterocycles. The predicted octanol–water partition coefficient (Wildman–Crippen LogP) is 2.42. The van der Waals surface area contributed by atoms with Gasteiger partial charge in [0, 0.05) is 25.1 Å². The molecule has 1 aliphatic heterocycles. The summed E-state index contributed by atoms with van der Waals surface area (Å²) in [5, 5.41) is 5.15. The van der Waals surface area contributed by atoms with Gasteiger partial charge >= 0.3 is 0 Å². The predicted molar refractivity (Wildman–Crippen MR) is 101 cm³/mol. The van der Waals surface area contributed by atoms with Gasteiger partial charge in [0.25, 0.3) is 0 Å². The van der Waals surface area contributed by atoms with Gasteiger partial charge in [-0.1, -0.05) is 6.42 Å². The minimum absolute atomic E-state index is 0.0298. The van der Waals surface area contributed by atoms with Gasteiger partial charge in [0.1, 0.15) is 0 Å². The summed E-state index contributed by atoms with van der Waals surface area (Å²) < 4.78 is 28.6. The van der Waals surface area contributed by atoms with E-state index in [1.54, 1.807) is 0 Å². The maximum absolute atomic E-state index is 13.0. The molecule has 1 amide bonds. The molecule has 1 unspecified atom stereocenters. The minimum atomic E-state index is -3.47. The summed E-state index contributed by atoms with van der Waals surface area (Å²) in [4.78, 5) is 15.0. The van der Waals surface area contributed by atoms with Crippen LogP contribution in [-0.4, -0.2) is 50.3 Å². The lowest BCUT2D eigenvalue weighted by molar-refractivity contribution is -0.141. The molecule has 26 heavy (non-hydrogen) atoms. The number of amides is 1. The number of nitrogens with two attached hydrogens (primary N) is 1. The van der Waals surface area contributed by atoms with Gasteiger partial charge in [-0.3, -0.25) is 4.79 Å².